The van der Waals surface area contributed by atoms with Crippen molar-refractivity contribution in [2.45, 2.75) is 63.4 Å². The van der Waals surface area contributed by atoms with Crippen molar-refractivity contribution in [1.29, 1.82) is 0 Å². The molecule has 1 aliphatic heterocycles. The number of unbranched alkanes of at least 4 members (excludes halogenated alkanes) is 3. The number of hydrogen-bond acceptors (Lipinski definition) is 5. The standard InChI is InChI=1S/C15H28O5/c1-2-3-4-5-6-7-8-9-19-10-13(17)15-14(18)12(16)11-20-15/h4-5,12-18H,2-3,6-11H2,1H3/b5-4+/t12-,13+,14+,15+/m1/s1. The molecule has 5 nitrogen and oxygen atoms in total. The normalized spacial score (nSPS) is 28.3. The largest absolute Gasteiger partial charge is 0.388 e. The van der Waals surface area contributed by atoms with Gasteiger partial charge < -0.3 is 24.8 Å². The van der Waals surface area contributed by atoms with Gasteiger partial charge in [-0.1, -0.05) is 25.5 Å². The average molecular weight is 288 g/mol. The maximum Gasteiger partial charge on any atom is 0.114 e. The van der Waals surface area contributed by atoms with Crippen molar-refractivity contribution in [3.05, 3.63) is 12.2 Å². The van der Waals surface area contributed by atoms with Crippen LogP contribution in [-0.4, -0.2) is 59.6 Å². The van der Waals surface area contributed by atoms with E-state index in [4.69, 9.17) is 9.47 Å². The van der Waals surface area contributed by atoms with Gasteiger partial charge in [0.1, 0.15) is 24.4 Å². The van der Waals surface area contributed by atoms with Crippen molar-refractivity contribution in [1.82, 2.24) is 0 Å². The fourth-order valence-corrected chi connectivity index (χ4v) is 2.13. The van der Waals surface area contributed by atoms with Gasteiger partial charge in [-0.25, -0.2) is 0 Å². The minimum Gasteiger partial charge on any atom is -0.388 e. The number of allylic oxidation sites excluding steroid dienone is 2. The lowest BCUT2D eigenvalue weighted by Gasteiger charge is -2.20. The third-order valence-electron chi connectivity index (χ3n) is 3.39. The van der Waals surface area contributed by atoms with Gasteiger partial charge in [-0.15, -0.1) is 0 Å². The van der Waals surface area contributed by atoms with Crippen LogP contribution in [0.2, 0.25) is 0 Å². The molecule has 0 aromatic rings. The fraction of sp³-hybridized carbons (Fsp3) is 0.867. The second-order valence-corrected chi connectivity index (χ2v) is 5.25. The van der Waals surface area contributed by atoms with Gasteiger partial charge in [0, 0.05) is 6.61 Å². The lowest BCUT2D eigenvalue weighted by molar-refractivity contribution is -0.0813. The van der Waals surface area contributed by atoms with E-state index in [1.165, 1.54) is 6.42 Å². The first-order valence-corrected chi connectivity index (χ1v) is 7.55. The van der Waals surface area contributed by atoms with Gasteiger partial charge in [-0.05, 0) is 25.7 Å². The third kappa shape index (κ3) is 6.33. The summed E-state index contributed by atoms with van der Waals surface area (Å²) in [7, 11) is 0. The second-order valence-electron chi connectivity index (χ2n) is 5.25. The first-order chi connectivity index (χ1) is 9.66. The highest BCUT2D eigenvalue weighted by Gasteiger charge is 2.39. The van der Waals surface area contributed by atoms with Crippen molar-refractivity contribution >= 4 is 0 Å². The van der Waals surface area contributed by atoms with Crippen LogP contribution in [0, 0.1) is 0 Å². The Morgan fingerprint density at radius 2 is 2.00 bits per heavy atom. The Morgan fingerprint density at radius 1 is 1.25 bits per heavy atom. The molecule has 20 heavy (non-hydrogen) atoms. The Hall–Kier alpha value is -0.460. The van der Waals surface area contributed by atoms with Gasteiger partial charge in [-0.2, -0.15) is 0 Å². The summed E-state index contributed by atoms with van der Waals surface area (Å²) in [6, 6.07) is 0. The smallest absolute Gasteiger partial charge is 0.114 e. The zero-order chi connectivity index (χ0) is 14.8. The van der Waals surface area contributed by atoms with Gasteiger partial charge in [0.15, 0.2) is 0 Å². The number of rotatable bonds is 10. The second kappa shape index (κ2) is 10.3. The molecule has 118 valence electrons. The van der Waals surface area contributed by atoms with Gasteiger partial charge >= 0.3 is 0 Å². The average Bonchev–Trinajstić information content (AvgIpc) is 2.77. The van der Waals surface area contributed by atoms with Crippen LogP contribution in [-0.2, 0) is 9.47 Å². The summed E-state index contributed by atoms with van der Waals surface area (Å²) in [6.07, 6.45) is 6.20. The molecule has 5 heteroatoms. The van der Waals surface area contributed by atoms with Gasteiger partial charge in [-0.3, -0.25) is 0 Å². The molecule has 0 saturated carbocycles. The van der Waals surface area contributed by atoms with E-state index in [9.17, 15) is 15.3 Å². The van der Waals surface area contributed by atoms with E-state index < -0.39 is 24.4 Å². The molecule has 1 rings (SSSR count). The fourth-order valence-electron chi connectivity index (χ4n) is 2.13. The maximum atomic E-state index is 9.80. The van der Waals surface area contributed by atoms with E-state index >= 15 is 0 Å². The summed E-state index contributed by atoms with van der Waals surface area (Å²) >= 11 is 0. The third-order valence-corrected chi connectivity index (χ3v) is 3.39. The van der Waals surface area contributed by atoms with Gasteiger partial charge in [0.25, 0.3) is 0 Å². The lowest BCUT2D eigenvalue weighted by atomic mass is 10.1. The molecular formula is C15H28O5. The summed E-state index contributed by atoms with van der Waals surface area (Å²) in [5.74, 6) is 0. The van der Waals surface area contributed by atoms with Crippen LogP contribution in [0.15, 0.2) is 12.2 Å². The van der Waals surface area contributed by atoms with Crippen LogP contribution in [0.3, 0.4) is 0 Å². The lowest BCUT2D eigenvalue weighted by Crippen LogP contribution is -2.40. The van der Waals surface area contributed by atoms with E-state index in [0.29, 0.717) is 6.61 Å². The zero-order valence-electron chi connectivity index (χ0n) is 12.3. The van der Waals surface area contributed by atoms with Crippen molar-refractivity contribution in [3.8, 4) is 0 Å². The van der Waals surface area contributed by atoms with Crippen molar-refractivity contribution in [3.63, 3.8) is 0 Å². The molecule has 1 saturated heterocycles. The molecule has 0 bridgehead atoms. The van der Waals surface area contributed by atoms with Crippen LogP contribution in [0.5, 0.6) is 0 Å². The highest BCUT2D eigenvalue weighted by Crippen LogP contribution is 2.17. The molecule has 0 aromatic heterocycles. The minimum atomic E-state index is -1.03. The number of aliphatic hydroxyl groups excluding tert-OH is 3. The first kappa shape index (κ1) is 17.6. The minimum absolute atomic E-state index is 0.0625. The Balaban J connectivity index is 1.98. The Labute approximate surface area is 121 Å². The van der Waals surface area contributed by atoms with Crippen molar-refractivity contribution in [2.24, 2.45) is 0 Å². The molecule has 0 aromatic carbocycles. The molecular weight excluding hydrogens is 260 g/mol. The van der Waals surface area contributed by atoms with E-state index in [0.717, 1.165) is 25.7 Å². The topological polar surface area (TPSA) is 79.2 Å². The highest BCUT2D eigenvalue weighted by molar-refractivity contribution is 4.87. The molecule has 1 aliphatic rings. The number of aliphatic hydroxyl groups is 3. The van der Waals surface area contributed by atoms with Crippen LogP contribution < -0.4 is 0 Å². The van der Waals surface area contributed by atoms with E-state index in [2.05, 4.69) is 19.1 Å². The van der Waals surface area contributed by atoms with E-state index in [1.54, 1.807) is 0 Å². The summed E-state index contributed by atoms with van der Waals surface area (Å²) < 4.78 is 10.5. The molecule has 0 aliphatic carbocycles. The van der Waals surface area contributed by atoms with E-state index in [-0.39, 0.29) is 13.2 Å². The van der Waals surface area contributed by atoms with Crippen LogP contribution in [0.25, 0.3) is 0 Å². The molecule has 3 N–H and O–H groups in total. The summed E-state index contributed by atoms with van der Waals surface area (Å²) in [4.78, 5) is 0. The van der Waals surface area contributed by atoms with E-state index in [1.807, 2.05) is 0 Å². The monoisotopic (exact) mass is 288 g/mol. The Kier molecular flexibility index (Phi) is 9.05. The summed E-state index contributed by atoms with van der Waals surface area (Å²) in [5.41, 5.74) is 0. The SMILES string of the molecule is CCC/C=C/CCCCOC[C@H](O)[C@@H]1OC[C@@H](O)[C@@H]1O. The van der Waals surface area contributed by atoms with Crippen LogP contribution in [0.4, 0.5) is 0 Å². The van der Waals surface area contributed by atoms with Gasteiger partial charge in [0.2, 0.25) is 0 Å². The number of hydrogen-bond donors (Lipinski definition) is 3. The molecule has 0 amide bonds. The predicted octanol–water partition coefficient (Wildman–Crippen LogP) is 1.01. The predicted molar refractivity (Wildman–Crippen MR) is 76.5 cm³/mol. The molecule has 0 spiro atoms. The molecule has 1 heterocycles. The van der Waals surface area contributed by atoms with Crippen LogP contribution >= 0.6 is 0 Å². The molecule has 0 radical (unpaired) electrons. The molecule has 0 unspecified atom stereocenters. The number of ether oxygens (including phenoxy) is 2. The quantitative estimate of drug-likeness (QED) is 0.413. The summed E-state index contributed by atoms with van der Waals surface area (Å²) in [6.45, 7) is 2.94. The Morgan fingerprint density at radius 3 is 2.65 bits per heavy atom. The first-order valence-electron chi connectivity index (χ1n) is 7.55. The maximum absolute atomic E-state index is 9.80. The highest BCUT2D eigenvalue weighted by atomic mass is 16.5. The molecule has 1 fully saturated rings. The van der Waals surface area contributed by atoms with Crippen molar-refractivity contribution < 1.29 is 24.8 Å². The molecule has 4 atom stereocenters. The van der Waals surface area contributed by atoms with Crippen molar-refractivity contribution in [2.75, 3.05) is 19.8 Å². The van der Waals surface area contributed by atoms with Gasteiger partial charge in [0.05, 0.1) is 13.2 Å². The Bertz CT molecular complexity index is 269. The zero-order valence-corrected chi connectivity index (χ0v) is 12.3. The van der Waals surface area contributed by atoms with Crippen LogP contribution in [0.1, 0.15) is 39.0 Å². The summed E-state index contributed by atoms with van der Waals surface area (Å²) in [5, 5.41) is 28.7.